The lowest BCUT2D eigenvalue weighted by atomic mass is 9.79. The second-order valence-electron chi connectivity index (χ2n) is 4.43. The first-order valence-electron chi connectivity index (χ1n) is 5.23. The molecule has 0 bridgehead atoms. The molecule has 0 amide bonds. The topological polar surface area (TPSA) is 37.3 Å². The summed E-state index contributed by atoms with van der Waals surface area (Å²) in [7, 11) is 0. The van der Waals surface area contributed by atoms with Crippen molar-refractivity contribution in [2.45, 2.75) is 30.6 Å². The zero-order chi connectivity index (χ0) is 12.7. The highest BCUT2D eigenvalue weighted by molar-refractivity contribution is 5.82. The Kier molecular flexibility index (Phi) is 2.64. The van der Waals surface area contributed by atoms with Gasteiger partial charge in [0, 0.05) is 12.8 Å². The van der Waals surface area contributed by atoms with Gasteiger partial charge in [-0.1, -0.05) is 12.1 Å². The molecule has 1 fully saturated rings. The molecule has 0 heterocycles. The molecule has 2 nitrogen and oxygen atoms in total. The number of hydrogen-bond donors (Lipinski definition) is 1. The van der Waals surface area contributed by atoms with Crippen molar-refractivity contribution < 1.29 is 23.1 Å². The lowest BCUT2D eigenvalue weighted by Gasteiger charge is -2.24. The van der Waals surface area contributed by atoms with Gasteiger partial charge >= 0.3 is 5.97 Å². The van der Waals surface area contributed by atoms with Gasteiger partial charge in [0.15, 0.2) is 0 Å². The molecule has 0 saturated heterocycles. The fourth-order valence-corrected chi connectivity index (χ4v) is 2.35. The predicted octanol–water partition coefficient (Wildman–Crippen LogP) is 2.97. The monoisotopic (exact) mass is 244 g/mol. The third-order valence-electron chi connectivity index (χ3n) is 3.26. The van der Waals surface area contributed by atoms with Gasteiger partial charge in [-0.3, -0.25) is 4.79 Å². The maximum absolute atomic E-state index is 13.2. The highest BCUT2D eigenvalue weighted by Crippen LogP contribution is 2.49. The molecule has 1 unspecified atom stereocenters. The minimum atomic E-state index is -3.00. The van der Waals surface area contributed by atoms with Gasteiger partial charge in [0.2, 0.25) is 5.92 Å². The van der Waals surface area contributed by atoms with Crippen molar-refractivity contribution in [3.63, 3.8) is 0 Å². The van der Waals surface area contributed by atoms with Gasteiger partial charge in [0.25, 0.3) is 0 Å². The number of halogens is 3. The molecule has 1 aliphatic carbocycles. The molecule has 2 rings (SSSR count). The van der Waals surface area contributed by atoms with E-state index in [9.17, 15) is 23.1 Å². The number of rotatable bonds is 2. The van der Waals surface area contributed by atoms with E-state index in [1.165, 1.54) is 12.1 Å². The predicted molar refractivity (Wildman–Crippen MR) is 54.5 cm³/mol. The van der Waals surface area contributed by atoms with Crippen molar-refractivity contribution in [3.8, 4) is 0 Å². The Morgan fingerprint density at radius 2 is 2.00 bits per heavy atom. The maximum Gasteiger partial charge on any atom is 0.314 e. The normalized spacial score (nSPS) is 27.0. The first-order valence-corrected chi connectivity index (χ1v) is 5.23. The number of hydrogen-bond acceptors (Lipinski definition) is 1. The van der Waals surface area contributed by atoms with Crippen LogP contribution in [0.15, 0.2) is 24.3 Å². The van der Waals surface area contributed by atoms with Crippen LogP contribution in [0.1, 0.15) is 24.8 Å². The van der Waals surface area contributed by atoms with Crippen molar-refractivity contribution in [2.75, 3.05) is 0 Å². The lowest BCUT2D eigenvalue weighted by Crippen LogP contribution is -2.34. The van der Waals surface area contributed by atoms with Crippen LogP contribution in [0.3, 0.4) is 0 Å². The van der Waals surface area contributed by atoms with Gasteiger partial charge in [0.1, 0.15) is 5.82 Å². The Hall–Kier alpha value is -1.52. The molecule has 1 atom stereocenters. The molecule has 0 radical (unpaired) electrons. The fraction of sp³-hybridized carbons (Fsp3) is 0.417. The molecule has 0 spiro atoms. The largest absolute Gasteiger partial charge is 0.481 e. The summed E-state index contributed by atoms with van der Waals surface area (Å²) in [5, 5.41) is 9.18. The van der Waals surface area contributed by atoms with Crippen LogP contribution in [0.2, 0.25) is 0 Å². The van der Waals surface area contributed by atoms with Crippen molar-refractivity contribution in [1.82, 2.24) is 0 Å². The highest BCUT2D eigenvalue weighted by atomic mass is 19.3. The SMILES string of the molecule is O=C(O)C1(c2cccc(F)c2)CCC(F)(F)C1. The van der Waals surface area contributed by atoms with E-state index in [-0.39, 0.29) is 12.0 Å². The van der Waals surface area contributed by atoms with Gasteiger partial charge in [-0.25, -0.2) is 13.2 Å². The maximum atomic E-state index is 13.2. The first-order chi connectivity index (χ1) is 7.86. The van der Waals surface area contributed by atoms with E-state index in [2.05, 4.69) is 0 Å². The second-order valence-corrected chi connectivity index (χ2v) is 4.43. The van der Waals surface area contributed by atoms with Gasteiger partial charge in [-0.15, -0.1) is 0 Å². The summed E-state index contributed by atoms with van der Waals surface area (Å²) >= 11 is 0. The van der Waals surface area contributed by atoms with Gasteiger partial charge < -0.3 is 5.11 Å². The minimum Gasteiger partial charge on any atom is -0.481 e. The molecular weight excluding hydrogens is 233 g/mol. The van der Waals surface area contributed by atoms with Crippen LogP contribution >= 0.6 is 0 Å². The molecular formula is C12H11F3O2. The number of carboxylic acid groups (broad SMARTS) is 1. The first kappa shape index (κ1) is 12.0. The third-order valence-corrected chi connectivity index (χ3v) is 3.26. The number of benzene rings is 1. The Labute approximate surface area is 96.1 Å². The number of carbonyl (C=O) groups is 1. The van der Waals surface area contributed by atoms with E-state index >= 15 is 0 Å². The highest BCUT2D eigenvalue weighted by Gasteiger charge is 2.55. The summed E-state index contributed by atoms with van der Waals surface area (Å²) in [6.07, 6.45) is -1.41. The van der Waals surface area contributed by atoms with Crippen LogP contribution in [-0.4, -0.2) is 17.0 Å². The molecule has 1 saturated carbocycles. The molecule has 1 aromatic rings. The van der Waals surface area contributed by atoms with E-state index in [4.69, 9.17) is 0 Å². The Bertz CT molecular complexity index is 459. The van der Waals surface area contributed by atoms with Crippen LogP contribution in [0.25, 0.3) is 0 Å². The molecule has 0 aromatic heterocycles. The lowest BCUT2D eigenvalue weighted by molar-refractivity contribution is -0.145. The van der Waals surface area contributed by atoms with Gasteiger partial charge in [-0.05, 0) is 24.1 Å². The molecule has 17 heavy (non-hydrogen) atoms. The standard InChI is InChI=1S/C12H11F3O2/c13-9-3-1-2-8(6-9)11(10(16)17)4-5-12(14,15)7-11/h1-3,6H,4-5,7H2,(H,16,17). The van der Waals surface area contributed by atoms with Crippen LogP contribution in [0, 0.1) is 5.82 Å². The number of aliphatic carboxylic acids is 1. The minimum absolute atomic E-state index is 0.113. The molecule has 1 aromatic carbocycles. The quantitative estimate of drug-likeness (QED) is 0.868. The van der Waals surface area contributed by atoms with E-state index in [0.717, 1.165) is 12.1 Å². The molecule has 1 N–H and O–H groups in total. The number of carboxylic acids is 1. The summed E-state index contributed by atoms with van der Waals surface area (Å²) in [6.45, 7) is 0. The van der Waals surface area contributed by atoms with E-state index in [1.54, 1.807) is 0 Å². The summed E-state index contributed by atoms with van der Waals surface area (Å²) < 4.78 is 39.5. The van der Waals surface area contributed by atoms with Crippen LogP contribution < -0.4 is 0 Å². The summed E-state index contributed by atoms with van der Waals surface area (Å²) in [5.41, 5.74) is -1.55. The summed E-state index contributed by atoms with van der Waals surface area (Å²) in [4.78, 5) is 11.3. The van der Waals surface area contributed by atoms with Gasteiger partial charge in [0.05, 0.1) is 5.41 Å². The molecule has 5 heteroatoms. The smallest absolute Gasteiger partial charge is 0.314 e. The van der Waals surface area contributed by atoms with Crippen molar-refractivity contribution in [2.24, 2.45) is 0 Å². The Balaban J connectivity index is 2.47. The van der Waals surface area contributed by atoms with E-state index < -0.39 is 36.0 Å². The zero-order valence-electron chi connectivity index (χ0n) is 8.92. The average Bonchev–Trinajstić information content (AvgIpc) is 2.56. The summed E-state index contributed by atoms with van der Waals surface area (Å²) in [5.74, 6) is -4.93. The second kappa shape index (κ2) is 3.75. The van der Waals surface area contributed by atoms with Crippen molar-refractivity contribution in [3.05, 3.63) is 35.6 Å². The molecule has 0 aliphatic heterocycles. The van der Waals surface area contributed by atoms with Crippen LogP contribution in [0.4, 0.5) is 13.2 Å². The van der Waals surface area contributed by atoms with Gasteiger partial charge in [-0.2, -0.15) is 0 Å². The summed E-state index contributed by atoms with van der Waals surface area (Å²) in [6, 6.07) is 4.91. The number of alkyl halides is 2. The van der Waals surface area contributed by atoms with E-state index in [1.807, 2.05) is 0 Å². The van der Waals surface area contributed by atoms with Crippen LogP contribution in [-0.2, 0) is 10.2 Å². The fourth-order valence-electron chi connectivity index (χ4n) is 2.35. The Morgan fingerprint density at radius 1 is 1.29 bits per heavy atom. The van der Waals surface area contributed by atoms with Crippen LogP contribution in [0.5, 0.6) is 0 Å². The zero-order valence-corrected chi connectivity index (χ0v) is 8.92. The average molecular weight is 244 g/mol. The molecule has 92 valence electrons. The third kappa shape index (κ3) is 2.01. The Morgan fingerprint density at radius 3 is 2.47 bits per heavy atom. The van der Waals surface area contributed by atoms with E-state index in [0.29, 0.717) is 0 Å². The van der Waals surface area contributed by atoms with Crippen molar-refractivity contribution >= 4 is 5.97 Å². The molecule has 1 aliphatic rings. The van der Waals surface area contributed by atoms with Crippen molar-refractivity contribution in [1.29, 1.82) is 0 Å².